The number of carbonyl (C=O) groups excluding carboxylic acids is 3. The highest BCUT2D eigenvalue weighted by Gasteiger charge is 2.63. The average molecular weight is 458 g/mol. The number of rotatable bonds is 6. The van der Waals surface area contributed by atoms with Gasteiger partial charge >= 0.3 is 27.5 Å². The van der Waals surface area contributed by atoms with Crippen LogP contribution in [0.2, 0.25) is 0 Å². The van der Waals surface area contributed by atoms with Crippen molar-refractivity contribution < 1.29 is 45.2 Å². The van der Waals surface area contributed by atoms with E-state index in [0.717, 1.165) is 0 Å². The van der Waals surface area contributed by atoms with Gasteiger partial charge in [-0.05, 0) is 43.6 Å². The average Bonchev–Trinajstić information content (AvgIpc) is 2.69. The molecule has 11 heteroatoms. The number of hydrogen-bond donors (Lipinski definition) is 0. The number of benzene rings is 1. The first-order valence-corrected chi connectivity index (χ1v) is 11.2. The molecule has 1 aromatic carbocycles. The second-order valence-electron chi connectivity index (χ2n) is 8.40. The van der Waals surface area contributed by atoms with Crippen molar-refractivity contribution in [2.24, 2.45) is 17.8 Å². The van der Waals surface area contributed by atoms with Crippen LogP contribution < -0.4 is 0 Å². The molecular formula is C20H20F2O8S. The summed E-state index contributed by atoms with van der Waals surface area (Å²) < 4.78 is 66.0. The minimum atomic E-state index is -6.01. The minimum absolute atomic E-state index is 0.0477. The highest BCUT2D eigenvalue weighted by atomic mass is 32.2. The zero-order valence-electron chi connectivity index (χ0n) is 16.3. The van der Waals surface area contributed by atoms with Crippen LogP contribution in [0.5, 0.6) is 0 Å². The standard InChI is InChI=1S/C20H20F2O8S/c21-20(22,31(26,27)30-18(25)28-11-12-4-2-1-3-5-12)17(24)29-19-8-13-6-14(9-19)16(23)15(7-13)10-19/h1-5,13-15H,6-11H2. The van der Waals surface area contributed by atoms with E-state index < -0.39 is 39.7 Å². The Morgan fingerprint density at radius 1 is 1.06 bits per heavy atom. The smallest absolute Gasteiger partial charge is 0.454 e. The van der Waals surface area contributed by atoms with Crippen molar-refractivity contribution in [3.05, 3.63) is 35.9 Å². The van der Waals surface area contributed by atoms with Crippen LogP contribution in [0.1, 0.15) is 37.7 Å². The Labute approximate surface area is 177 Å². The molecule has 0 saturated heterocycles. The Balaban J connectivity index is 1.40. The topological polar surface area (TPSA) is 113 Å². The molecule has 0 aromatic heterocycles. The molecule has 4 aliphatic carbocycles. The van der Waals surface area contributed by atoms with Crippen molar-refractivity contribution in [1.82, 2.24) is 0 Å². The molecule has 1 aromatic rings. The lowest BCUT2D eigenvalue weighted by atomic mass is 9.53. The normalized spacial score (nSPS) is 29.5. The lowest BCUT2D eigenvalue weighted by Gasteiger charge is -2.54. The summed E-state index contributed by atoms with van der Waals surface area (Å²) in [7, 11) is -6.01. The van der Waals surface area contributed by atoms with Gasteiger partial charge in [-0.1, -0.05) is 30.3 Å². The number of carbonyl (C=O) groups is 3. The summed E-state index contributed by atoms with van der Waals surface area (Å²) in [5, 5.41) is -5.12. The van der Waals surface area contributed by atoms with Gasteiger partial charge in [-0.15, -0.1) is 0 Å². The maximum absolute atomic E-state index is 14.4. The maximum atomic E-state index is 14.4. The van der Waals surface area contributed by atoms with Gasteiger partial charge in [-0.3, -0.25) is 4.79 Å². The van der Waals surface area contributed by atoms with Crippen LogP contribution in [-0.4, -0.2) is 37.2 Å². The van der Waals surface area contributed by atoms with E-state index in [9.17, 15) is 31.6 Å². The Kier molecular flexibility index (Phi) is 5.27. The first-order chi connectivity index (χ1) is 14.5. The summed E-state index contributed by atoms with van der Waals surface area (Å²) in [6.07, 6.45) is -0.146. The minimum Gasteiger partial charge on any atom is -0.454 e. The summed E-state index contributed by atoms with van der Waals surface area (Å²) in [5.41, 5.74) is -0.826. The molecule has 4 aliphatic rings. The second kappa shape index (κ2) is 7.54. The maximum Gasteiger partial charge on any atom is 0.524 e. The predicted molar refractivity (Wildman–Crippen MR) is 99.0 cm³/mol. The SMILES string of the molecule is O=C(OCc1ccccc1)OS(=O)(=O)C(F)(F)C(=O)OC12CC3CC(C1)C(=O)C(C3)C2. The second-order valence-corrected chi connectivity index (χ2v) is 9.98. The van der Waals surface area contributed by atoms with E-state index in [1.165, 1.54) is 0 Å². The van der Waals surface area contributed by atoms with Crippen molar-refractivity contribution in [3.8, 4) is 0 Å². The molecule has 4 bridgehead atoms. The fourth-order valence-corrected chi connectivity index (χ4v) is 5.62. The molecule has 0 heterocycles. The van der Waals surface area contributed by atoms with Gasteiger partial charge in [0.05, 0.1) is 0 Å². The first-order valence-electron chi connectivity index (χ1n) is 9.81. The largest absolute Gasteiger partial charge is 0.524 e. The lowest BCUT2D eigenvalue weighted by Crippen LogP contribution is -2.58. The van der Waals surface area contributed by atoms with Crippen LogP contribution in [0.25, 0.3) is 0 Å². The van der Waals surface area contributed by atoms with E-state index >= 15 is 0 Å². The Morgan fingerprint density at radius 2 is 1.68 bits per heavy atom. The van der Waals surface area contributed by atoms with Crippen molar-refractivity contribution in [3.63, 3.8) is 0 Å². The van der Waals surface area contributed by atoms with E-state index in [2.05, 4.69) is 8.92 Å². The lowest BCUT2D eigenvalue weighted by molar-refractivity contribution is -0.201. The van der Waals surface area contributed by atoms with E-state index in [0.29, 0.717) is 24.8 Å². The van der Waals surface area contributed by atoms with E-state index in [4.69, 9.17) is 4.74 Å². The van der Waals surface area contributed by atoms with E-state index in [1.54, 1.807) is 30.3 Å². The van der Waals surface area contributed by atoms with Gasteiger partial charge in [0, 0.05) is 11.8 Å². The third-order valence-electron chi connectivity index (χ3n) is 6.18. The van der Waals surface area contributed by atoms with Crippen LogP contribution >= 0.6 is 0 Å². The highest BCUT2D eigenvalue weighted by Crippen LogP contribution is 2.56. The molecule has 0 N–H and O–H groups in total. The molecule has 31 heavy (non-hydrogen) atoms. The van der Waals surface area contributed by atoms with E-state index in [-0.39, 0.29) is 36.4 Å². The third-order valence-corrected chi connectivity index (χ3v) is 7.33. The molecule has 0 radical (unpaired) electrons. The highest BCUT2D eigenvalue weighted by molar-refractivity contribution is 7.89. The number of ketones is 1. The fraction of sp³-hybridized carbons (Fsp3) is 0.550. The van der Waals surface area contributed by atoms with Gasteiger partial charge in [0.15, 0.2) is 0 Å². The van der Waals surface area contributed by atoms with Gasteiger partial charge in [0.2, 0.25) is 0 Å². The summed E-state index contributed by atoms with van der Waals surface area (Å²) in [4.78, 5) is 36.0. The van der Waals surface area contributed by atoms with Gasteiger partial charge in [0.1, 0.15) is 18.0 Å². The van der Waals surface area contributed by atoms with Crippen molar-refractivity contribution >= 4 is 28.0 Å². The molecule has 4 fully saturated rings. The number of halogens is 2. The number of esters is 1. The summed E-state index contributed by atoms with van der Waals surface area (Å²) in [6, 6.07) is 8.07. The summed E-state index contributed by atoms with van der Waals surface area (Å²) in [5.74, 6) is -2.94. The Hall–Kier alpha value is -2.56. The molecule has 2 atom stereocenters. The number of Topliss-reactive ketones (excluding diaryl/α,β-unsaturated/α-hetero) is 1. The van der Waals surface area contributed by atoms with Gasteiger partial charge < -0.3 is 13.7 Å². The van der Waals surface area contributed by atoms with Crippen LogP contribution in [-0.2, 0) is 40.0 Å². The van der Waals surface area contributed by atoms with Crippen LogP contribution in [0.15, 0.2) is 30.3 Å². The zero-order valence-corrected chi connectivity index (χ0v) is 17.1. The van der Waals surface area contributed by atoms with Crippen molar-refractivity contribution in [2.45, 2.75) is 49.6 Å². The molecule has 168 valence electrons. The summed E-state index contributed by atoms with van der Waals surface area (Å²) >= 11 is 0. The molecule has 8 nitrogen and oxygen atoms in total. The molecule has 5 rings (SSSR count). The number of hydrogen-bond acceptors (Lipinski definition) is 8. The third kappa shape index (κ3) is 4.02. The Bertz CT molecular complexity index is 989. The van der Waals surface area contributed by atoms with Crippen molar-refractivity contribution in [1.29, 1.82) is 0 Å². The van der Waals surface area contributed by atoms with Gasteiger partial charge in [0.25, 0.3) is 0 Å². The first kappa shape index (κ1) is 21.7. The monoisotopic (exact) mass is 458 g/mol. The quantitative estimate of drug-likeness (QED) is 0.472. The van der Waals surface area contributed by atoms with Gasteiger partial charge in [-0.25, -0.2) is 9.59 Å². The predicted octanol–water partition coefficient (Wildman–Crippen LogP) is 2.95. The Morgan fingerprint density at radius 3 is 2.29 bits per heavy atom. The fourth-order valence-electron chi connectivity index (χ4n) is 5.04. The van der Waals surface area contributed by atoms with Crippen LogP contribution in [0.4, 0.5) is 13.6 Å². The summed E-state index contributed by atoms with van der Waals surface area (Å²) in [6.45, 7) is -0.410. The number of ether oxygens (including phenoxy) is 2. The van der Waals surface area contributed by atoms with Crippen LogP contribution in [0.3, 0.4) is 0 Å². The van der Waals surface area contributed by atoms with Gasteiger partial charge in [-0.2, -0.15) is 17.2 Å². The molecule has 4 saturated carbocycles. The molecule has 0 amide bonds. The van der Waals surface area contributed by atoms with Crippen LogP contribution in [0, 0.1) is 17.8 Å². The van der Waals surface area contributed by atoms with E-state index in [1.807, 2.05) is 0 Å². The van der Waals surface area contributed by atoms with Crippen molar-refractivity contribution in [2.75, 3.05) is 0 Å². The number of alkyl halides is 2. The molecule has 0 aliphatic heterocycles. The molecular weight excluding hydrogens is 438 g/mol. The molecule has 0 spiro atoms. The molecule has 2 unspecified atom stereocenters. The zero-order chi connectivity index (χ0) is 22.4.